The predicted octanol–water partition coefficient (Wildman–Crippen LogP) is 0.908. The molecular formula is C9H15F3N2OS. The molecule has 1 fully saturated rings. The highest BCUT2D eigenvalue weighted by Gasteiger charge is 2.44. The van der Waals surface area contributed by atoms with Gasteiger partial charge in [0.15, 0.2) is 0 Å². The summed E-state index contributed by atoms with van der Waals surface area (Å²) in [7, 11) is 0. The molecule has 3 N–H and O–H groups in total. The van der Waals surface area contributed by atoms with Crippen molar-refractivity contribution >= 4 is 17.2 Å². The van der Waals surface area contributed by atoms with Crippen LogP contribution < -0.4 is 5.73 Å². The van der Waals surface area contributed by atoms with Gasteiger partial charge in [-0.05, 0) is 13.3 Å². The molecule has 1 aliphatic rings. The molecule has 1 rings (SSSR count). The van der Waals surface area contributed by atoms with E-state index in [0.29, 0.717) is 13.0 Å². The van der Waals surface area contributed by atoms with Crippen LogP contribution in [0.4, 0.5) is 13.2 Å². The Morgan fingerprint density at radius 1 is 1.62 bits per heavy atom. The molecule has 1 saturated heterocycles. The van der Waals surface area contributed by atoms with E-state index < -0.39 is 22.7 Å². The number of alkyl halides is 3. The first-order chi connectivity index (χ1) is 7.12. The minimum atomic E-state index is -4.42. The van der Waals surface area contributed by atoms with E-state index in [2.05, 4.69) is 12.2 Å². The average molecular weight is 256 g/mol. The number of nitrogens with zero attached hydrogens (tertiary/aromatic N) is 1. The zero-order chi connectivity index (χ0) is 12.6. The molecule has 0 aliphatic carbocycles. The fourth-order valence-electron chi connectivity index (χ4n) is 1.81. The number of hydrogen-bond donors (Lipinski definition) is 2. The summed E-state index contributed by atoms with van der Waals surface area (Å²) in [6, 6.07) is 0. The first-order valence-electron chi connectivity index (χ1n) is 4.92. The van der Waals surface area contributed by atoms with Crippen LogP contribution in [-0.4, -0.2) is 46.4 Å². The van der Waals surface area contributed by atoms with Crippen LogP contribution in [0.3, 0.4) is 0 Å². The summed E-state index contributed by atoms with van der Waals surface area (Å²) in [4.78, 5) is 0.996. The summed E-state index contributed by atoms with van der Waals surface area (Å²) in [5.74, 6) is -1.80. The number of halogens is 3. The van der Waals surface area contributed by atoms with Gasteiger partial charge in [-0.25, -0.2) is 0 Å². The van der Waals surface area contributed by atoms with Crippen LogP contribution >= 0.6 is 12.2 Å². The molecule has 0 aromatic rings. The fraction of sp³-hybridized carbons (Fsp3) is 0.889. The Labute approximate surface area is 97.4 Å². The SMILES string of the molecule is CC1(O)CCN(CC(C(N)=S)C(F)(F)F)C1. The third-order valence-corrected chi connectivity index (χ3v) is 2.99. The summed E-state index contributed by atoms with van der Waals surface area (Å²) in [6.07, 6.45) is -3.95. The van der Waals surface area contributed by atoms with Crippen molar-refractivity contribution in [3.8, 4) is 0 Å². The number of aliphatic hydroxyl groups is 1. The predicted molar refractivity (Wildman–Crippen MR) is 58.0 cm³/mol. The number of rotatable bonds is 3. The highest BCUT2D eigenvalue weighted by Crippen LogP contribution is 2.29. The number of likely N-dealkylation sites (tertiary alicyclic amines) is 1. The topological polar surface area (TPSA) is 49.5 Å². The fourth-order valence-corrected chi connectivity index (χ4v) is 2.02. The molecule has 2 atom stereocenters. The monoisotopic (exact) mass is 256 g/mol. The van der Waals surface area contributed by atoms with Crippen molar-refractivity contribution < 1.29 is 18.3 Å². The molecule has 3 nitrogen and oxygen atoms in total. The Kier molecular flexibility index (Phi) is 3.81. The van der Waals surface area contributed by atoms with Gasteiger partial charge in [0.2, 0.25) is 0 Å². The van der Waals surface area contributed by atoms with Gasteiger partial charge in [-0.15, -0.1) is 0 Å². The van der Waals surface area contributed by atoms with Crippen molar-refractivity contribution in [3.63, 3.8) is 0 Å². The molecule has 0 aromatic heterocycles. The lowest BCUT2D eigenvalue weighted by atomic mass is 10.1. The Morgan fingerprint density at radius 3 is 2.50 bits per heavy atom. The van der Waals surface area contributed by atoms with Crippen molar-refractivity contribution in [1.82, 2.24) is 4.90 Å². The van der Waals surface area contributed by atoms with Gasteiger partial charge in [-0.2, -0.15) is 13.2 Å². The van der Waals surface area contributed by atoms with Crippen LogP contribution in [0.1, 0.15) is 13.3 Å². The van der Waals surface area contributed by atoms with Crippen molar-refractivity contribution in [2.75, 3.05) is 19.6 Å². The molecule has 0 aromatic carbocycles. The van der Waals surface area contributed by atoms with Crippen molar-refractivity contribution in [1.29, 1.82) is 0 Å². The van der Waals surface area contributed by atoms with E-state index in [9.17, 15) is 18.3 Å². The second-order valence-electron chi connectivity index (χ2n) is 4.48. The summed E-state index contributed by atoms with van der Waals surface area (Å²) in [5.41, 5.74) is 4.18. The van der Waals surface area contributed by atoms with E-state index in [1.165, 1.54) is 4.90 Å². The summed E-state index contributed by atoms with van der Waals surface area (Å²) in [6.45, 7) is 2.00. The van der Waals surface area contributed by atoms with Gasteiger partial charge in [0.1, 0.15) is 5.92 Å². The number of nitrogens with two attached hydrogens (primary N) is 1. The highest BCUT2D eigenvalue weighted by molar-refractivity contribution is 7.80. The summed E-state index contributed by atoms with van der Waals surface area (Å²) in [5, 5.41) is 9.63. The molecule has 2 unspecified atom stereocenters. The van der Waals surface area contributed by atoms with E-state index in [-0.39, 0.29) is 13.1 Å². The minimum Gasteiger partial charge on any atom is -0.393 e. The first-order valence-corrected chi connectivity index (χ1v) is 5.33. The van der Waals surface area contributed by atoms with Gasteiger partial charge in [-0.1, -0.05) is 12.2 Å². The van der Waals surface area contributed by atoms with E-state index in [0.717, 1.165) is 0 Å². The zero-order valence-electron chi connectivity index (χ0n) is 8.92. The molecule has 0 saturated carbocycles. The quantitative estimate of drug-likeness (QED) is 0.737. The lowest BCUT2D eigenvalue weighted by molar-refractivity contribution is -0.159. The van der Waals surface area contributed by atoms with Gasteiger partial charge in [0.25, 0.3) is 0 Å². The van der Waals surface area contributed by atoms with E-state index in [4.69, 9.17) is 5.73 Å². The second-order valence-corrected chi connectivity index (χ2v) is 4.95. The molecule has 0 amide bonds. The molecule has 94 valence electrons. The lowest BCUT2D eigenvalue weighted by Crippen LogP contribution is -2.43. The van der Waals surface area contributed by atoms with Gasteiger partial charge in [-0.3, -0.25) is 4.90 Å². The third-order valence-electron chi connectivity index (χ3n) is 2.71. The van der Waals surface area contributed by atoms with Crippen molar-refractivity contribution in [3.05, 3.63) is 0 Å². The number of hydrogen-bond acceptors (Lipinski definition) is 3. The third kappa shape index (κ3) is 3.57. The van der Waals surface area contributed by atoms with Crippen LogP contribution in [0, 0.1) is 5.92 Å². The minimum absolute atomic E-state index is 0.224. The van der Waals surface area contributed by atoms with E-state index >= 15 is 0 Å². The van der Waals surface area contributed by atoms with Gasteiger partial charge >= 0.3 is 6.18 Å². The van der Waals surface area contributed by atoms with Crippen LogP contribution in [0.5, 0.6) is 0 Å². The van der Waals surface area contributed by atoms with Crippen LogP contribution in [-0.2, 0) is 0 Å². The molecule has 0 radical (unpaired) electrons. The Hall–Kier alpha value is -0.400. The number of β-amino-alcohol motifs (C(OH)–C–C–N with tert-alkyl or cyclic N) is 1. The van der Waals surface area contributed by atoms with E-state index in [1.54, 1.807) is 6.92 Å². The van der Waals surface area contributed by atoms with Crippen LogP contribution in [0.2, 0.25) is 0 Å². The highest BCUT2D eigenvalue weighted by atomic mass is 32.1. The molecule has 1 heterocycles. The Balaban J connectivity index is 2.61. The summed E-state index contributed by atoms with van der Waals surface area (Å²) < 4.78 is 37.7. The normalized spacial score (nSPS) is 29.3. The largest absolute Gasteiger partial charge is 0.399 e. The number of thiocarbonyl (C=S) groups is 1. The smallest absolute Gasteiger partial charge is 0.393 e. The zero-order valence-corrected chi connectivity index (χ0v) is 9.74. The van der Waals surface area contributed by atoms with Gasteiger partial charge in [0.05, 0.1) is 10.6 Å². The van der Waals surface area contributed by atoms with Crippen molar-refractivity contribution in [2.24, 2.45) is 11.7 Å². The van der Waals surface area contributed by atoms with Gasteiger partial charge in [0, 0.05) is 19.6 Å². The maximum atomic E-state index is 12.6. The molecule has 16 heavy (non-hydrogen) atoms. The summed E-state index contributed by atoms with van der Waals surface area (Å²) >= 11 is 4.43. The maximum absolute atomic E-state index is 12.6. The van der Waals surface area contributed by atoms with Crippen molar-refractivity contribution in [2.45, 2.75) is 25.1 Å². The first kappa shape index (κ1) is 13.7. The molecule has 0 spiro atoms. The van der Waals surface area contributed by atoms with Crippen LogP contribution in [0.15, 0.2) is 0 Å². The average Bonchev–Trinajstić information content (AvgIpc) is 2.38. The Bertz CT molecular complexity index is 280. The Morgan fingerprint density at radius 2 is 2.19 bits per heavy atom. The van der Waals surface area contributed by atoms with E-state index in [1.807, 2.05) is 0 Å². The van der Waals surface area contributed by atoms with Gasteiger partial charge < -0.3 is 10.8 Å². The lowest BCUT2D eigenvalue weighted by Gasteiger charge is -2.25. The standard InChI is InChI=1S/C9H15F3N2OS/c1-8(15)2-3-14(5-8)4-6(7(13)16)9(10,11)12/h6,15H,2-5H2,1H3,(H2,13,16). The van der Waals surface area contributed by atoms with Crippen LogP contribution in [0.25, 0.3) is 0 Å². The molecule has 0 bridgehead atoms. The maximum Gasteiger partial charge on any atom is 0.399 e. The second kappa shape index (κ2) is 4.46. The molecule has 1 aliphatic heterocycles. The molecule has 7 heteroatoms. The molecular weight excluding hydrogens is 241 g/mol.